The Bertz CT molecular complexity index is 841. The number of nitrogens with zero attached hydrogens (tertiary/aromatic N) is 1. The van der Waals surface area contributed by atoms with Crippen molar-refractivity contribution in [1.82, 2.24) is 4.90 Å². The molecule has 3 aliphatic rings. The first-order chi connectivity index (χ1) is 14.2. The molecule has 4 atom stereocenters. The Morgan fingerprint density at radius 1 is 1.07 bits per heavy atom. The molecule has 2 bridgehead atoms. The van der Waals surface area contributed by atoms with Gasteiger partial charge in [0.2, 0.25) is 5.75 Å². The Labute approximate surface area is 172 Å². The second kappa shape index (κ2) is 7.54. The zero-order valence-corrected chi connectivity index (χ0v) is 16.9. The minimum absolute atomic E-state index is 0.0323. The highest BCUT2D eigenvalue weighted by Crippen LogP contribution is 2.46. The van der Waals surface area contributed by atoms with Gasteiger partial charge in [-0.3, -0.25) is 4.90 Å². The van der Waals surface area contributed by atoms with Gasteiger partial charge in [-0.05, 0) is 50.3 Å². The van der Waals surface area contributed by atoms with Gasteiger partial charge >= 0.3 is 0 Å². The van der Waals surface area contributed by atoms with E-state index < -0.39 is 5.60 Å². The average molecular weight is 395 g/mol. The van der Waals surface area contributed by atoms with Crippen LogP contribution < -0.4 is 14.2 Å². The lowest BCUT2D eigenvalue weighted by atomic mass is 9.80. The Morgan fingerprint density at radius 3 is 2.55 bits per heavy atom. The molecule has 2 fully saturated rings. The first-order valence-electron chi connectivity index (χ1n) is 10.8. The van der Waals surface area contributed by atoms with E-state index in [4.69, 9.17) is 14.2 Å². The van der Waals surface area contributed by atoms with E-state index in [9.17, 15) is 5.11 Å². The molecule has 2 aromatic carbocycles. The number of rotatable bonds is 5. The van der Waals surface area contributed by atoms with Crippen molar-refractivity contribution in [2.45, 2.75) is 56.4 Å². The zero-order chi connectivity index (χ0) is 19.8. The van der Waals surface area contributed by atoms with Crippen molar-refractivity contribution in [1.29, 1.82) is 0 Å². The molecule has 3 aliphatic heterocycles. The predicted molar refractivity (Wildman–Crippen MR) is 111 cm³/mol. The number of fused-ring (bicyclic) bond motifs is 3. The van der Waals surface area contributed by atoms with Gasteiger partial charge in [-0.2, -0.15) is 0 Å². The van der Waals surface area contributed by atoms with Crippen molar-refractivity contribution in [2.24, 2.45) is 0 Å². The van der Waals surface area contributed by atoms with Gasteiger partial charge in [0.05, 0.1) is 12.2 Å². The number of hydrogen-bond acceptors (Lipinski definition) is 5. The van der Waals surface area contributed by atoms with Crippen molar-refractivity contribution >= 4 is 0 Å². The maximum Gasteiger partial charge on any atom is 0.204 e. The summed E-state index contributed by atoms with van der Waals surface area (Å²) in [4.78, 5) is 2.54. The SMILES string of the molecule is CCOc1cccc2c1O[C@@H](CN1[C@@H]3CC[C@H]1CC(O)(c1ccccc1)C3)CO2. The highest BCUT2D eigenvalue weighted by Gasteiger charge is 2.49. The summed E-state index contributed by atoms with van der Waals surface area (Å²) in [5, 5.41) is 11.4. The molecule has 5 rings (SSSR count). The van der Waals surface area contributed by atoms with E-state index in [1.54, 1.807) is 0 Å². The lowest BCUT2D eigenvalue weighted by Crippen LogP contribution is -2.53. The monoisotopic (exact) mass is 395 g/mol. The number of para-hydroxylation sites is 1. The summed E-state index contributed by atoms with van der Waals surface area (Å²) < 4.78 is 18.0. The van der Waals surface area contributed by atoms with Gasteiger partial charge in [0.25, 0.3) is 0 Å². The lowest BCUT2D eigenvalue weighted by Gasteiger charge is -2.45. The van der Waals surface area contributed by atoms with Gasteiger partial charge < -0.3 is 19.3 Å². The summed E-state index contributed by atoms with van der Waals surface area (Å²) in [6.07, 6.45) is 3.79. The van der Waals surface area contributed by atoms with Crippen LogP contribution in [0.2, 0.25) is 0 Å². The molecule has 0 aliphatic carbocycles. The first-order valence-corrected chi connectivity index (χ1v) is 10.8. The van der Waals surface area contributed by atoms with Crippen LogP contribution in [0.1, 0.15) is 38.2 Å². The number of ether oxygens (including phenoxy) is 3. The number of piperidine rings is 1. The van der Waals surface area contributed by atoms with E-state index in [1.807, 2.05) is 43.3 Å². The second-order valence-electron chi connectivity index (χ2n) is 8.45. The normalized spacial score (nSPS) is 30.9. The molecule has 0 aromatic heterocycles. The van der Waals surface area contributed by atoms with Crippen molar-refractivity contribution in [2.75, 3.05) is 19.8 Å². The third kappa shape index (κ3) is 3.47. The molecular formula is C24H29NO4. The van der Waals surface area contributed by atoms with E-state index in [2.05, 4.69) is 17.0 Å². The topological polar surface area (TPSA) is 51.2 Å². The molecule has 5 heteroatoms. The van der Waals surface area contributed by atoms with E-state index in [0.717, 1.165) is 55.0 Å². The molecule has 0 radical (unpaired) electrons. The van der Waals surface area contributed by atoms with Gasteiger partial charge in [0, 0.05) is 18.6 Å². The maximum atomic E-state index is 11.4. The molecule has 154 valence electrons. The quantitative estimate of drug-likeness (QED) is 0.836. The number of benzene rings is 2. The minimum atomic E-state index is -0.720. The Morgan fingerprint density at radius 2 is 1.83 bits per heavy atom. The molecular weight excluding hydrogens is 366 g/mol. The molecule has 1 unspecified atom stereocenters. The Balaban J connectivity index is 1.29. The van der Waals surface area contributed by atoms with Crippen LogP contribution in [0.25, 0.3) is 0 Å². The van der Waals surface area contributed by atoms with Crippen molar-refractivity contribution in [3.63, 3.8) is 0 Å². The van der Waals surface area contributed by atoms with Gasteiger partial charge in [0.1, 0.15) is 12.7 Å². The largest absolute Gasteiger partial charge is 0.490 e. The third-order valence-electron chi connectivity index (χ3n) is 6.60. The molecule has 2 aromatic rings. The van der Waals surface area contributed by atoms with E-state index >= 15 is 0 Å². The maximum absolute atomic E-state index is 11.4. The van der Waals surface area contributed by atoms with Crippen LogP contribution in [0.4, 0.5) is 0 Å². The molecule has 5 nitrogen and oxygen atoms in total. The van der Waals surface area contributed by atoms with Crippen LogP contribution >= 0.6 is 0 Å². The van der Waals surface area contributed by atoms with Crippen LogP contribution in [0.5, 0.6) is 17.2 Å². The van der Waals surface area contributed by atoms with Crippen molar-refractivity contribution in [3.8, 4) is 17.2 Å². The molecule has 0 spiro atoms. The Hall–Kier alpha value is -2.24. The summed E-state index contributed by atoms with van der Waals surface area (Å²) in [5.41, 5.74) is 0.325. The molecule has 1 N–H and O–H groups in total. The molecule has 0 saturated carbocycles. The highest BCUT2D eigenvalue weighted by atomic mass is 16.6. The van der Waals surface area contributed by atoms with Crippen molar-refractivity contribution in [3.05, 3.63) is 54.1 Å². The molecule has 2 saturated heterocycles. The van der Waals surface area contributed by atoms with Gasteiger partial charge in [-0.1, -0.05) is 36.4 Å². The average Bonchev–Trinajstić information content (AvgIpc) is 2.99. The highest BCUT2D eigenvalue weighted by molar-refractivity contribution is 5.52. The Kier molecular flexibility index (Phi) is 4.88. The van der Waals surface area contributed by atoms with Crippen LogP contribution in [-0.2, 0) is 5.60 Å². The summed E-state index contributed by atoms with van der Waals surface area (Å²) >= 11 is 0. The minimum Gasteiger partial charge on any atom is -0.490 e. The smallest absolute Gasteiger partial charge is 0.204 e. The van der Waals surface area contributed by atoms with Gasteiger partial charge in [-0.25, -0.2) is 0 Å². The molecule has 3 heterocycles. The van der Waals surface area contributed by atoms with Crippen LogP contribution in [0.15, 0.2) is 48.5 Å². The second-order valence-corrected chi connectivity index (χ2v) is 8.45. The van der Waals surface area contributed by atoms with Crippen LogP contribution in [0, 0.1) is 0 Å². The van der Waals surface area contributed by atoms with Crippen LogP contribution in [-0.4, -0.2) is 48.0 Å². The predicted octanol–water partition coefficient (Wildman–Crippen LogP) is 3.74. The van der Waals surface area contributed by atoms with Gasteiger partial charge in [-0.15, -0.1) is 0 Å². The third-order valence-corrected chi connectivity index (χ3v) is 6.60. The van der Waals surface area contributed by atoms with E-state index in [-0.39, 0.29) is 6.10 Å². The molecule has 0 amide bonds. The van der Waals surface area contributed by atoms with Gasteiger partial charge in [0.15, 0.2) is 11.5 Å². The zero-order valence-electron chi connectivity index (χ0n) is 16.9. The molecule has 29 heavy (non-hydrogen) atoms. The van der Waals surface area contributed by atoms with E-state index in [1.165, 1.54) is 0 Å². The fourth-order valence-corrected chi connectivity index (χ4v) is 5.30. The lowest BCUT2D eigenvalue weighted by molar-refractivity contribution is -0.0689. The fraction of sp³-hybridized carbons (Fsp3) is 0.500. The standard InChI is InChI=1S/C24H29NO4/c1-2-27-21-9-6-10-22-23(21)29-20(16-28-22)15-25-18-11-12-19(25)14-24(26,13-18)17-7-4-3-5-8-17/h3-10,18-20,26H,2,11-16H2,1H3/t18-,19+,20-,24?/m0/s1. The van der Waals surface area contributed by atoms with Crippen molar-refractivity contribution < 1.29 is 19.3 Å². The fourth-order valence-electron chi connectivity index (χ4n) is 5.30. The summed E-state index contributed by atoms with van der Waals surface area (Å²) in [7, 11) is 0. The first kappa shape index (κ1) is 18.8. The number of aliphatic hydroxyl groups is 1. The van der Waals surface area contributed by atoms with E-state index in [0.29, 0.717) is 25.3 Å². The summed E-state index contributed by atoms with van der Waals surface area (Å²) in [6, 6.07) is 16.7. The number of hydrogen-bond donors (Lipinski definition) is 1. The summed E-state index contributed by atoms with van der Waals surface area (Å²) in [6.45, 7) is 3.93. The van der Waals surface area contributed by atoms with Crippen LogP contribution in [0.3, 0.4) is 0 Å². The summed E-state index contributed by atoms with van der Waals surface area (Å²) in [5.74, 6) is 2.22.